The summed E-state index contributed by atoms with van der Waals surface area (Å²) in [5.41, 5.74) is 9.56. The van der Waals surface area contributed by atoms with Gasteiger partial charge >= 0.3 is 11.9 Å². The van der Waals surface area contributed by atoms with E-state index < -0.39 is 53.7 Å². The van der Waals surface area contributed by atoms with Gasteiger partial charge in [-0.2, -0.15) is 0 Å². The minimum absolute atomic E-state index is 0.190. The fourth-order valence-corrected chi connectivity index (χ4v) is 9.80. The number of fused-ring (bicyclic) bond motifs is 2. The van der Waals surface area contributed by atoms with Crippen LogP contribution in [-0.2, 0) is 28.7 Å². The number of ether oxygens (including phenoxy) is 2. The van der Waals surface area contributed by atoms with Crippen LogP contribution >= 0.6 is 23.5 Å². The van der Waals surface area contributed by atoms with E-state index in [-0.39, 0.29) is 22.9 Å². The second-order valence-corrected chi connectivity index (χ2v) is 15.3. The Balaban J connectivity index is 1.01. The standard InChI is InChI=1S/C40H36N4O6S2/c41-30-35(45)44-32(40(48)50-34(26-17-9-3-10-18-26)27-19-11-4-12-20-27)28(23-52-37(30)44)42-31-36(46)43-29(21-22-51-38(31)43)39(47)49-33(24-13-5-1-6-14-24)25-15-7-2-8-16-25/h1-21,28,30-34,37-38,42H,22-23,41H2/t28?,30-,31+,32?,37?,38?/m1/s1. The van der Waals surface area contributed by atoms with E-state index in [0.717, 1.165) is 22.3 Å². The van der Waals surface area contributed by atoms with Crippen LogP contribution in [0.3, 0.4) is 0 Å². The van der Waals surface area contributed by atoms with Gasteiger partial charge in [-0.05, 0) is 28.3 Å². The monoisotopic (exact) mass is 732 g/mol. The van der Waals surface area contributed by atoms with Gasteiger partial charge in [-0.1, -0.05) is 121 Å². The van der Waals surface area contributed by atoms with Crippen molar-refractivity contribution in [3.05, 3.63) is 155 Å². The maximum absolute atomic E-state index is 14.3. The van der Waals surface area contributed by atoms with E-state index >= 15 is 0 Å². The Morgan fingerprint density at radius 1 is 0.692 bits per heavy atom. The lowest BCUT2D eigenvalue weighted by Crippen LogP contribution is -2.79. The van der Waals surface area contributed by atoms with Gasteiger partial charge in [-0.25, -0.2) is 9.59 Å². The van der Waals surface area contributed by atoms with Gasteiger partial charge in [0.1, 0.15) is 34.6 Å². The summed E-state index contributed by atoms with van der Waals surface area (Å²) < 4.78 is 12.4. The highest BCUT2D eigenvalue weighted by Gasteiger charge is 2.59. The van der Waals surface area contributed by atoms with Crippen molar-refractivity contribution in [1.82, 2.24) is 15.1 Å². The third-order valence-electron chi connectivity index (χ3n) is 9.81. The first-order valence-electron chi connectivity index (χ1n) is 17.1. The number of β-lactam (4-membered cyclic amide) rings is 2. The number of thioether (sulfide) groups is 2. The second kappa shape index (κ2) is 14.6. The summed E-state index contributed by atoms with van der Waals surface area (Å²) in [6, 6.07) is 34.8. The Hall–Kier alpha value is -4.88. The van der Waals surface area contributed by atoms with Crippen molar-refractivity contribution in [3.8, 4) is 0 Å². The van der Waals surface area contributed by atoms with Gasteiger partial charge in [0.05, 0.1) is 0 Å². The molecule has 12 heteroatoms. The lowest BCUT2D eigenvalue weighted by Gasteiger charge is -2.56. The molecule has 2 amide bonds. The highest BCUT2D eigenvalue weighted by atomic mass is 32.2. The molecule has 0 saturated carbocycles. The van der Waals surface area contributed by atoms with Crippen molar-refractivity contribution in [1.29, 1.82) is 0 Å². The smallest absolute Gasteiger partial charge is 0.355 e. The zero-order valence-corrected chi connectivity index (χ0v) is 29.5. The minimum atomic E-state index is -1.01. The Morgan fingerprint density at radius 2 is 1.19 bits per heavy atom. The first kappa shape index (κ1) is 34.2. The number of hydrogen-bond acceptors (Lipinski definition) is 10. The molecule has 4 unspecified atom stereocenters. The van der Waals surface area contributed by atoms with Gasteiger partial charge in [-0.15, -0.1) is 23.5 Å². The number of nitrogens with one attached hydrogen (secondary N) is 1. The molecule has 4 aliphatic rings. The molecule has 0 spiro atoms. The van der Waals surface area contributed by atoms with Gasteiger partial charge in [0.2, 0.25) is 11.8 Å². The molecule has 8 rings (SSSR count). The van der Waals surface area contributed by atoms with Crippen LogP contribution in [0.25, 0.3) is 0 Å². The van der Waals surface area contributed by atoms with Gasteiger partial charge < -0.3 is 20.1 Å². The number of nitrogens with zero attached hydrogens (tertiary/aromatic N) is 2. The first-order valence-corrected chi connectivity index (χ1v) is 19.2. The van der Waals surface area contributed by atoms with Crippen molar-refractivity contribution < 1.29 is 28.7 Å². The highest BCUT2D eigenvalue weighted by molar-refractivity contribution is 8.00. The number of esters is 2. The van der Waals surface area contributed by atoms with Crippen molar-refractivity contribution in [3.63, 3.8) is 0 Å². The van der Waals surface area contributed by atoms with E-state index in [0.29, 0.717) is 11.5 Å². The molecule has 0 aromatic heterocycles. The molecular weight excluding hydrogens is 697 g/mol. The van der Waals surface area contributed by atoms with E-state index in [4.69, 9.17) is 15.2 Å². The van der Waals surface area contributed by atoms with Crippen molar-refractivity contribution >= 4 is 47.3 Å². The van der Waals surface area contributed by atoms with Crippen molar-refractivity contribution in [2.75, 3.05) is 11.5 Å². The predicted molar refractivity (Wildman–Crippen MR) is 198 cm³/mol. The van der Waals surface area contributed by atoms with Crippen LogP contribution in [0.5, 0.6) is 0 Å². The highest BCUT2D eigenvalue weighted by Crippen LogP contribution is 2.42. The third-order valence-corrected chi connectivity index (χ3v) is 12.4. The van der Waals surface area contributed by atoms with Crippen LogP contribution in [0, 0.1) is 0 Å². The van der Waals surface area contributed by atoms with E-state index in [1.165, 1.54) is 33.3 Å². The minimum Gasteiger partial charge on any atom is -0.451 e. The number of benzene rings is 4. The Bertz CT molecular complexity index is 1910. The summed E-state index contributed by atoms with van der Waals surface area (Å²) in [5, 5.41) is 2.62. The van der Waals surface area contributed by atoms with E-state index in [2.05, 4.69) is 5.32 Å². The topological polar surface area (TPSA) is 131 Å². The molecule has 4 aromatic rings. The zero-order chi connectivity index (χ0) is 35.8. The van der Waals surface area contributed by atoms with Crippen LogP contribution in [0.1, 0.15) is 34.5 Å². The summed E-state index contributed by atoms with van der Waals surface area (Å²) in [7, 11) is 0. The van der Waals surface area contributed by atoms with Crippen LogP contribution in [0.15, 0.2) is 133 Å². The largest absolute Gasteiger partial charge is 0.451 e. The first-order chi connectivity index (χ1) is 25.4. The lowest BCUT2D eigenvalue weighted by molar-refractivity contribution is -0.168. The quantitative estimate of drug-likeness (QED) is 0.179. The molecule has 3 N–H and O–H groups in total. The molecule has 264 valence electrons. The molecule has 3 saturated heterocycles. The molecule has 0 bridgehead atoms. The Kier molecular flexibility index (Phi) is 9.63. The Labute approximate surface area is 309 Å². The van der Waals surface area contributed by atoms with Gasteiger partial charge in [-0.3, -0.25) is 19.8 Å². The number of amides is 2. The fourth-order valence-electron chi connectivity index (χ4n) is 7.20. The fraction of sp³-hybridized carbons (Fsp3) is 0.250. The number of rotatable bonds is 10. The van der Waals surface area contributed by atoms with E-state index in [9.17, 15) is 19.2 Å². The number of carbonyl (C=O) groups is 4. The second-order valence-electron chi connectivity index (χ2n) is 13.0. The molecule has 4 aromatic carbocycles. The molecule has 3 fully saturated rings. The van der Waals surface area contributed by atoms with Crippen LogP contribution in [0.4, 0.5) is 0 Å². The van der Waals surface area contributed by atoms with Crippen LogP contribution in [0.2, 0.25) is 0 Å². The Morgan fingerprint density at radius 3 is 1.71 bits per heavy atom. The maximum Gasteiger partial charge on any atom is 0.355 e. The third kappa shape index (κ3) is 6.29. The molecule has 6 atom stereocenters. The molecule has 10 nitrogen and oxygen atoms in total. The van der Waals surface area contributed by atoms with Crippen LogP contribution in [-0.4, -0.2) is 80.0 Å². The number of nitrogens with two attached hydrogens (primary N) is 1. The van der Waals surface area contributed by atoms with Crippen molar-refractivity contribution in [2.45, 2.75) is 47.1 Å². The van der Waals surface area contributed by atoms with Crippen LogP contribution < -0.4 is 11.1 Å². The predicted octanol–water partition coefficient (Wildman–Crippen LogP) is 4.39. The maximum atomic E-state index is 14.3. The molecule has 4 aliphatic heterocycles. The average molecular weight is 733 g/mol. The molecule has 4 heterocycles. The number of hydrogen-bond donors (Lipinski definition) is 2. The average Bonchev–Trinajstić information content (AvgIpc) is 3.21. The number of carbonyl (C=O) groups excluding carboxylic acids is 4. The lowest BCUT2D eigenvalue weighted by atomic mass is 9.96. The summed E-state index contributed by atoms with van der Waals surface area (Å²) in [6.07, 6.45) is 0.348. The summed E-state index contributed by atoms with van der Waals surface area (Å²) in [6.45, 7) is 0. The summed E-state index contributed by atoms with van der Waals surface area (Å²) in [5.74, 6) is -0.923. The molecule has 0 radical (unpaired) electrons. The van der Waals surface area contributed by atoms with Gasteiger partial charge in [0.25, 0.3) is 0 Å². The molecular formula is C40H36N4O6S2. The molecule has 52 heavy (non-hydrogen) atoms. The zero-order valence-electron chi connectivity index (χ0n) is 27.9. The SMILES string of the molecule is N[C@@H]1C(=O)N2C(C(=O)OC(c3ccccc3)c3ccccc3)C(N[C@H]3C(=O)N4C(C(=O)OC(c5ccccc5)c5ccccc5)=CCSC34)CSC12. The summed E-state index contributed by atoms with van der Waals surface area (Å²) in [4.78, 5) is 58.1. The van der Waals surface area contributed by atoms with Gasteiger partial charge in [0.15, 0.2) is 12.2 Å². The summed E-state index contributed by atoms with van der Waals surface area (Å²) >= 11 is 2.99. The van der Waals surface area contributed by atoms with Crippen molar-refractivity contribution in [2.24, 2.45) is 5.73 Å². The van der Waals surface area contributed by atoms with E-state index in [1.54, 1.807) is 6.08 Å². The normalized spacial score (nSPS) is 25.0. The van der Waals surface area contributed by atoms with E-state index in [1.807, 2.05) is 121 Å². The van der Waals surface area contributed by atoms with Gasteiger partial charge in [0, 0.05) is 17.5 Å². The molecule has 0 aliphatic carbocycles.